The van der Waals surface area contributed by atoms with Crippen LogP contribution in [0.5, 0.6) is 17.2 Å². The van der Waals surface area contributed by atoms with Gasteiger partial charge in [0, 0.05) is 45.0 Å². The van der Waals surface area contributed by atoms with Gasteiger partial charge in [0.05, 0.1) is 32.4 Å². The van der Waals surface area contributed by atoms with Crippen molar-refractivity contribution in [3.05, 3.63) is 83.7 Å². The fourth-order valence-corrected chi connectivity index (χ4v) is 5.40. The van der Waals surface area contributed by atoms with E-state index in [9.17, 15) is 9.59 Å². The summed E-state index contributed by atoms with van der Waals surface area (Å²) in [4.78, 5) is 34.3. The van der Waals surface area contributed by atoms with Crippen molar-refractivity contribution in [1.82, 2.24) is 20.1 Å². The minimum absolute atomic E-state index is 0.0261. The Hall–Kier alpha value is -3.95. The Bertz CT molecular complexity index is 1330. The Labute approximate surface area is 241 Å². The topological polar surface area (TPSA) is 93.2 Å². The van der Waals surface area contributed by atoms with Gasteiger partial charge in [-0.1, -0.05) is 18.2 Å². The molecule has 0 saturated carbocycles. The van der Waals surface area contributed by atoms with Gasteiger partial charge in [0.15, 0.2) is 11.5 Å². The van der Waals surface area contributed by atoms with Crippen molar-refractivity contribution in [2.45, 2.75) is 51.5 Å². The van der Waals surface area contributed by atoms with E-state index in [2.05, 4.69) is 15.2 Å². The number of piperidine rings is 1. The summed E-state index contributed by atoms with van der Waals surface area (Å²) < 4.78 is 18.3. The average Bonchev–Trinajstić information content (AvgIpc) is 2.99. The number of likely N-dealkylation sites (N-methyl/N-ethyl adjacent to an activating group) is 1. The van der Waals surface area contributed by atoms with Crippen molar-refractivity contribution >= 4 is 11.8 Å². The van der Waals surface area contributed by atoms with Crippen molar-refractivity contribution in [3.8, 4) is 17.2 Å². The number of fused-ring (bicyclic) bond motifs is 5. The summed E-state index contributed by atoms with van der Waals surface area (Å²) in [5, 5.41) is 3.18. The fourth-order valence-electron chi connectivity index (χ4n) is 5.40. The molecule has 0 aliphatic carbocycles. The van der Waals surface area contributed by atoms with E-state index < -0.39 is 0 Å². The summed E-state index contributed by atoms with van der Waals surface area (Å²) in [5.74, 6) is 1.65. The van der Waals surface area contributed by atoms with E-state index in [1.165, 1.54) is 5.56 Å². The van der Waals surface area contributed by atoms with Gasteiger partial charge < -0.3 is 24.4 Å². The minimum Gasteiger partial charge on any atom is -0.493 e. The summed E-state index contributed by atoms with van der Waals surface area (Å²) >= 11 is 0. The third kappa shape index (κ3) is 7.62. The molecule has 0 spiro atoms. The number of ether oxygens (including phenoxy) is 3. The van der Waals surface area contributed by atoms with Gasteiger partial charge in [-0.3, -0.25) is 19.5 Å². The predicted octanol–water partition coefficient (Wildman–Crippen LogP) is 3.95. The number of nitrogens with one attached hydrogen (secondary N) is 1. The van der Waals surface area contributed by atoms with Gasteiger partial charge in [-0.15, -0.1) is 0 Å². The number of rotatable bonds is 4. The van der Waals surface area contributed by atoms with Crippen molar-refractivity contribution in [1.29, 1.82) is 0 Å². The number of aromatic nitrogens is 1. The second-order valence-electron chi connectivity index (χ2n) is 10.5. The maximum atomic E-state index is 13.2. The molecule has 41 heavy (non-hydrogen) atoms. The van der Waals surface area contributed by atoms with Crippen LogP contribution in [0.1, 0.15) is 36.5 Å². The van der Waals surface area contributed by atoms with Gasteiger partial charge in [0.25, 0.3) is 0 Å². The Balaban J connectivity index is 1.40. The maximum absolute atomic E-state index is 13.2. The standard InChI is InChI=1S/C32H38N4O5/c1-3-36-21-31(37)34-27-13-16-35(19-24-11-14-33-15-12-24)20-30(27)40-22-25-5-4-6-26(17-25)41-29-18-23(8-10-32(36)38)7-9-28(29)39-2/h4-7,9,11-12,14-15,17-18,27,30H,3,8,10,13,16,19-22H2,1-2H3,(H,34,37)/t27-,30-/m0/s1. The summed E-state index contributed by atoms with van der Waals surface area (Å²) in [6.45, 7) is 5.03. The van der Waals surface area contributed by atoms with Crippen LogP contribution in [-0.4, -0.2) is 72.0 Å². The highest BCUT2D eigenvalue weighted by atomic mass is 16.5. The molecule has 9 heteroatoms. The van der Waals surface area contributed by atoms with Crippen LogP contribution in [0.3, 0.4) is 0 Å². The van der Waals surface area contributed by atoms with E-state index in [4.69, 9.17) is 14.2 Å². The van der Waals surface area contributed by atoms with E-state index in [-0.39, 0.29) is 30.5 Å². The van der Waals surface area contributed by atoms with Crippen LogP contribution in [0.15, 0.2) is 67.0 Å². The van der Waals surface area contributed by atoms with Gasteiger partial charge in [-0.2, -0.15) is 0 Å². The average molecular weight is 559 g/mol. The van der Waals surface area contributed by atoms with E-state index in [0.717, 1.165) is 30.6 Å². The summed E-state index contributed by atoms with van der Waals surface area (Å²) in [6.07, 6.45) is 4.96. The van der Waals surface area contributed by atoms with Gasteiger partial charge >= 0.3 is 0 Å². The molecule has 2 aliphatic rings. The number of hydrogen-bond acceptors (Lipinski definition) is 7. The van der Waals surface area contributed by atoms with E-state index in [1.54, 1.807) is 24.4 Å². The molecule has 3 heterocycles. The van der Waals surface area contributed by atoms with Crippen LogP contribution in [0.4, 0.5) is 0 Å². The first-order valence-electron chi connectivity index (χ1n) is 14.2. The zero-order chi connectivity index (χ0) is 28.6. The zero-order valence-corrected chi connectivity index (χ0v) is 23.8. The molecule has 9 nitrogen and oxygen atoms in total. The van der Waals surface area contributed by atoms with E-state index >= 15 is 0 Å². The smallest absolute Gasteiger partial charge is 0.239 e. The monoisotopic (exact) mass is 558 g/mol. The number of amides is 2. The molecule has 0 unspecified atom stereocenters. The van der Waals surface area contributed by atoms with Crippen LogP contribution in [0.2, 0.25) is 0 Å². The van der Waals surface area contributed by atoms with Gasteiger partial charge in [-0.05, 0) is 72.9 Å². The van der Waals surface area contributed by atoms with Crippen LogP contribution in [0, 0.1) is 0 Å². The Morgan fingerprint density at radius 3 is 2.71 bits per heavy atom. The number of benzene rings is 2. The molecule has 2 aromatic carbocycles. The highest BCUT2D eigenvalue weighted by Gasteiger charge is 2.32. The molecule has 1 N–H and O–H groups in total. The Morgan fingerprint density at radius 1 is 1.05 bits per heavy atom. The molecule has 3 aromatic rings. The molecule has 1 saturated heterocycles. The molecular weight excluding hydrogens is 520 g/mol. The van der Waals surface area contributed by atoms with Crippen molar-refractivity contribution in [3.63, 3.8) is 0 Å². The minimum atomic E-state index is -0.222. The third-order valence-electron chi connectivity index (χ3n) is 7.66. The lowest BCUT2D eigenvalue weighted by Gasteiger charge is -2.39. The van der Waals surface area contributed by atoms with Gasteiger partial charge in [-0.25, -0.2) is 0 Å². The summed E-state index contributed by atoms with van der Waals surface area (Å²) in [7, 11) is 1.61. The molecule has 0 radical (unpaired) electrons. The zero-order valence-electron chi connectivity index (χ0n) is 23.8. The van der Waals surface area contributed by atoms with Crippen LogP contribution in [-0.2, 0) is 33.9 Å². The molecule has 4 bridgehead atoms. The van der Waals surface area contributed by atoms with Crippen molar-refractivity contribution < 1.29 is 23.8 Å². The lowest BCUT2D eigenvalue weighted by Crippen LogP contribution is -2.56. The highest BCUT2D eigenvalue weighted by Crippen LogP contribution is 2.33. The molecule has 5 rings (SSSR count). The fraction of sp³-hybridized carbons (Fsp3) is 0.406. The SMILES string of the molecule is CCN1CC(=O)N[C@H]2CCN(Cc3ccncc3)C[C@@H]2OCc2cccc(c2)Oc2cc(ccc2OC)CCC1=O. The van der Waals surface area contributed by atoms with Crippen molar-refractivity contribution in [2.75, 3.05) is 33.3 Å². The van der Waals surface area contributed by atoms with E-state index in [0.29, 0.717) is 49.8 Å². The molecular formula is C32H38N4O5. The van der Waals surface area contributed by atoms with Gasteiger partial charge in [0.2, 0.25) is 11.8 Å². The second kappa shape index (κ2) is 13.6. The molecule has 1 aromatic heterocycles. The van der Waals surface area contributed by atoms with Crippen LogP contribution in [0.25, 0.3) is 0 Å². The molecule has 216 valence electrons. The summed E-state index contributed by atoms with van der Waals surface area (Å²) in [6, 6.07) is 17.4. The lowest BCUT2D eigenvalue weighted by molar-refractivity contribution is -0.136. The molecule has 1 fully saturated rings. The number of carbonyl (C=O) groups is 2. The molecule has 2 atom stereocenters. The number of hydrogen-bond donors (Lipinski definition) is 1. The van der Waals surface area contributed by atoms with Crippen LogP contribution < -0.4 is 14.8 Å². The predicted molar refractivity (Wildman–Crippen MR) is 155 cm³/mol. The quantitative estimate of drug-likeness (QED) is 0.518. The number of carbonyl (C=O) groups excluding carboxylic acids is 2. The number of aryl methyl sites for hydroxylation is 1. The number of likely N-dealkylation sites (tertiary alicyclic amines) is 1. The molecule has 2 amide bonds. The van der Waals surface area contributed by atoms with Crippen LogP contribution >= 0.6 is 0 Å². The first-order chi connectivity index (χ1) is 20.0. The lowest BCUT2D eigenvalue weighted by atomic mass is 10.0. The largest absolute Gasteiger partial charge is 0.493 e. The number of methoxy groups -OCH3 is 1. The first kappa shape index (κ1) is 28.6. The highest BCUT2D eigenvalue weighted by molar-refractivity contribution is 5.85. The molecule has 2 aliphatic heterocycles. The maximum Gasteiger partial charge on any atom is 0.239 e. The second-order valence-corrected chi connectivity index (χ2v) is 10.5. The normalized spacial score (nSPS) is 20.7. The Kier molecular flexibility index (Phi) is 9.48. The van der Waals surface area contributed by atoms with E-state index in [1.807, 2.05) is 61.5 Å². The number of nitrogens with zero attached hydrogens (tertiary/aromatic N) is 3. The van der Waals surface area contributed by atoms with Gasteiger partial charge in [0.1, 0.15) is 5.75 Å². The first-order valence-corrected chi connectivity index (χ1v) is 14.2. The van der Waals surface area contributed by atoms with Crippen molar-refractivity contribution in [2.24, 2.45) is 0 Å². The third-order valence-corrected chi connectivity index (χ3v) is 7.66. The number of pyridine rings is 1. The Morgan fingerprint density at radius 2 is 1.90 bits per heavy atom. The summed E-state index contributed by atoms with van der Waals surface area (Å²) in [5.41, 5.74) is 3.11.